The lowest BCUT2D eigenvalue weighted by Crippen LogP contribution is -2.48. The number of benzene rings is 3. The largest absolute Gasteiger partial charge is 0.336 e. The average molecular weight is 330 g/mol. The molecule has 4 rings (SSSR count). The lowest BCUT2D eigenvalue weighted by Gasteiger charge is -2.35. The van der Waals surface area contributed by atoms with Gasteiger partial charge in [-0.05, 0) is 22.4 Å². The lowest BCUT2D eigenvalue weighted by molar-refractivity contribution is 0.0630. The zero-order valence-corrected chi connectivity index (χ0v) is 14.3. The highest BCUT2D eigenvalue weighted by Gasteiger charge is 2.23. The molecule has 0 unspecified atom stereocenters. The van der Waals surface area contributed by atoms with Crippen LogP contribution >= 0.6 is 0 Å². The van der Waals surface area contributed by atoms with Crippen LogP contribution in [0.1, 0.15) is 15.9 Å². The summed E-state index contributed by atoms with van der Waals surface area (Å²) < 4.78 is 0. The van der Waals surface area contributed by atoms with Crippen LogP contribution in [-0.4, -0.2) is 41.9 Å². The smallest absolute Gasteiger partial charge is 0.254 e. The van der Waals surface area contributed by atoms with Crippen molar-refractivity contribution in [3.8, 4) is 0 Å². The van der Waals surface area contributed by atoms with Crippen LogP contribution in [0.2, 0.25) is 0 Å². The molecule has 3 heteroatoms. The van der Waals surface area contributed by atoms with E-state index in [1.165, 1.54) is 5.56 Å². The molecule has 1 saturated heterocycles. The van der Waals surface area contributed by atoms with Gasteiger partial charge in [-0.15, -0.1) is 0 Å². The summed E-state index contributed by atoms with van der Waals surface area (Å²) in [7, 11) is 0. The molecule has 0 atom stereocenters. The van der Waals surface area contributed by atoms with E-state index >= 15 is 0 Å². The third-order valence-corrected chi connectivity index (χ3v) is 4.93. The van der Waals surface area contributed by atoms with Gasteiger partial charge in [-0.2, -0.15) is 0 Å². The number of piperazine rings is 1. The Morgan fingerprint density at radius 1 is 0.760 bits per heavy atom. The van der Waals surface area contributed by atoms with Gasteiger partial charge in [0, 0.05) is 38.3 Å². The van der Waals surface area contributed by atoms with Gasteiger partial charge in [0.15, 0.2) is 0 Å². The second-order valence-corrected chi connectivity index (χ2v) is 6.58. The molecular formula is C22H22N2O. The predicted octanol–water partition coefficient (Wildman–Crippen LogP) is 3.80. The van der Waals surface area contributed by atoms with Gasteiger partial charge in [0.1, 0.15) is 0 Å². The van der Waals surface area contributed by atoms with Gasteiger partial charge in [-0.1, -0.05) is 66.7 Å². The summed E-state index contributed by atoms with van der Waals surface area (Å²) in [4.78, 5) is 17.4. The van der Waals surface area contributed by atoms with E-state index in [0.29, 0.717) is 0 Å². The molecule has 126 valence electrons. The van der Waals surface area contributed by atoms with E-state index in [1.54, 1.807) is 0 Å². The third-order valence-electron chi connectivity index (χ3n) is 4.93. The molecule has 1 aliphatic heterocycles. The molecule has 0 aliphatic carbocycles. The Morgan fingerprint density at radius 2 is 1.44 bits per heavy atom. The standard InChI is InChI=1S/C22H22N2O/c25-22(21-12-6-10-19-9-4-5-11-20(19)21)24-15-13-23(14-16-24)17-18-7-2-1-3-8-18/h1-12H,13-17H2. The second-order valence-electron chi connectivity index (χ2n) is 6.58. The molecule has 1 aliphatic rings. The Hall–Kier alpha value is -2.65. The normalized spacial score (nSPS) is 15.4. The number of hydrogen-bond donors (Lipinski definition) is 0. The molecule has 1 amide bonds. The van der Waals surface area contributed by atoms with Crippen molar-refractivity contribution in [3.05, 3.63) is 83.9 Å². The van der Waals surface area contributed by atoms with E-state index in [2.05, 4.69) is 41.3 Å². The van der Waals surface area contributed by atoms with E-state index in [0.717, 1.165) is 49.1 Å². The molecule has 1 fully saturated rings. The first-order valence-corrected chi connectivity index (χ1v) is 8.84. The minimum absolute atomic E-state index is 0.149. The van der Waals surface area contributed by atoms with Crippen molar-refractivity contribution in [1.82, 2.24) is 9.80 Å². The molecule has 0 N–H and O–H groups in total. The predicted molar refractivity (Wildman–Crippen MR) is 102 cm³/mol. The molecule has 0 spiro atoms. The topological polar surface area (TPSA) is 23.6 Å². The fourth-order valence-corrected chi connectivity index (χ4v) is 3.53. The molecule has 0 saturated carbocycles. The van der Waals surface area contributed by atoms with Crippen molar-refractivity contribution in [2.45, 2.75) is 6.54 Å². The average Bonchev–Trinajstić information content (AvgIpc) is 2.68. The van der Waals surface area contributed by atoms with Crippen LogP contribution < -0.4 is 0 Å². The van der Waals surface area contributed by atoms with Crippen LogP contribution in [0.5, 0.6) is 0 Å². The molecule has 0 bridgehead atoms. The van der Waals surface area contributed by atoms with E-state index in [-0.39, 0.29) is 5.91 Å². The maximum Gasteiger partial charge on any atom is 0.254 e. The number of carbonyl (C=O) groups excluding carboxylic acids is 1. The van der Waals surface area contributed by atoms with E-state index < -0.39 is 0 Å². The van der Waals surface area contributed by atoms with Crippen molar-refractivity contribution >= 4 is 16.7 Å². The van der Waals surface area contributed by atoms with E-state index in [1.807, 2.05) is 41.3 Å². The summed E-state index contributed by atoms with van der Waals surface area (Å²) in [6.07, 6.45) is 0. The number of hydrogen-bond acceptors (Lipinski definition) is 2. The highest BCUT2D eigenvalue weighted by molar-refractivity contribution is 6.07. The van der Waals surface area contributed by atoms with Crippen LogP contribution in [0, 0.1) is 0 Å². The summed E-state index contributed by atoms with van der Waals surface area (Å²) in [6.45, 7) is 4.37. The summed E-state index contributed by atoms with van der Waals surface area (Å²) in [5.41, 5.74) is 2.14. The van der Waals surface area contributed by atoms with Gasteiger partial charge in [-0.3, -0.25) is 9.69 Å². The van der Waals surface area contributed by atoms with Crippen molar-refractivity contribution in [3.63, 3.8) is 0 Å². The Balaban J connectivity index is 1.44. The molecule has 0 aromatic heterocycles. The van der Waals surface area contributed by atoms with Crippen molar-refractivity contribution in [1.29, 1.82) is 0 Å². The molecule has 3 aromatic carbocycles. The number of carbonyl (C=O) groups is 1. The van der Waals surface area contributed by atoms with Gasteiger partial charge in [0.05, 0.1) is 0 Å². The summed E-state index contributed by atoms with van der Waals surface area (Å²) >= 11 is 0. The maximum absolute atomic E-state index is 13.0. The van der Waals surface area contributed by atoms with Gasteiger partial charge in [0.2, 0.25) is 0 Å². The number of nitrogens with zero attached hydrogens (tertiary/aromatic N) is 2. The first kappa shape index (κ1) is 15.9. The molecule has 25 heavy (non-hydrogen) atoms. The molecule has 0 radical (unpaired) electrons. The van der Waals surface area contributed by atoms with Crippen LogP contribution in [0.25, 0.3) is 10.8 Å². The molecular weight excluding hydrogens is 308 g/mol. The van der Waals surface area contributed by atoms with E-state index in [4.69, 9.17) is 0 Å². The number of fused-ring (bicyclic) bond motifs is 1. The SMILES string of the molecule is O=C(c1cccc2ccccc12)N1CCN(Cc2ccccc2)CC1. The molecule has 3 aromatic rings. The fraction of sp³-hybridized carbons (Fsp3) is 0.227. The maximum atomic E-state index is 13.0. The number of amides is 1. The molecule has 1 heterocycles. The Morgan fingerprint density at radius 3 is 2.24 bits per heavy atom. The van der Waals surface area contributed by atoms with Crippen LogP contribution in [0.15, 0.2) is 72.8 Å². The van der Waals surface area contributed by atoms with Gasteiger partial charge < -0.3 is 4.90 Å². The van der Waals surface area contributed by atoms with Gasteiger partial charge in [-0.25, -0.2) is 0 Å². The summed E-state index contributed by atoms with van der Waals surface area (Å²) in [5, 5.41) is 2.16. The van der Waals surface area contributed by atoms with Crippen LogP contribution in [0.3, 0.4) is 0 Å². The summed E-state index contributed by atoms with van der Waals surface area (Å²) in [6, 6.07) is 24.6. The zero-order valence-electron chi connectivity index (χ0n) is 14.3. The monoisotopic (exact) mass is 330 g/mol. The van der Waals surface area contributed by atoms with Crippen LogP contribution in [-0.2, 0) is 6.54 Å². The first-order valence-electron chi connectivity index (χ1n) is 8.84. The minimum Gasteiger partial charge on any atom is -0.336 e. The third kappa shape index (κ3) is 3.42. The zero-order chi connectivity index (χ0) is 17.1. The van der Waals surface area contributed by atoms with E-state index in [9.17, 15) is 4.79 Å². The Kier molecular flexibility index (Phi) is 4.49. The van der Waals surface area contributed by atoms with Crippen molar-refractivity contribution < 1.29 is 4.79 Å². The Bertz CT molecular complexity index is 862. The van der Waals surface area contributed by atoms with Gasteiger partial charge in [0.25, 0.3) is 5.91 Å². The van der Waals surface area contributed by atoms with Crippen molar-refractivity contribution in [2.75, 3.05) is 26.2 Å². The second kappa shape index (κ2) is 7.08. The van der Waals surface area contributed by atoms with Gasteiger partial charge >= 0.3 is 0 Å². The minimum atomic E-state index is 0.149. The fourth-order valence-electron chi connectivity index (χ4n) is 3.53. The highest BCUT2D eigenvalue weighted by atomic mass is 16.2. The summed E-state index contributed by atoms with van der Waals surface area (Å²) in [5.74, 6) is 0.149. The van der Waals surface area contributed by atoms with Crippen molar-refractivity contribution in [2.24, 2.45) is 0 Å². The number of rotatable bonds is 3. The lowest BCUT2D eigenvalue weighted by atomic mass is 10.0. The highest BCUT2D eigenvalue weighted by Crippen LogP contribution is 2.21. The quantitative estimate of drug-likeness (QED) is 0.729. The first-order chi connectivity index (χ1) is 12.3. The molecule has 3 nitrogen and oxygen atoms in total. The Labute approximate surface area is 148 Å². The van der Waals surface area contributed by atoms with Crippen LogP contribution in [0.4, 0.5) is 0 Å².